The van der Waals surface area contributed by atoms with E-state index in [-0.39, 0.29) is 29.1 Å². The molecule has 0 aliphatic carbocycles. The number of carbonyl (C=O) groups is 2. The standard InChI is InChI=1S/C17H33O5PS2/c1-13(2)23(20,21-9-11-24-14(18)16(3,4)5)22-10-12-25-15(19)17(6,7)8/h13H,9-12H2,1-8H3. The van der Waals surface area contributed by atoms with Gasteiger partial charge in [-0.3, -0.25) is 14.2 Å². The van der Waals surface area contributed by atoms with Gasteiger partial charge in [0.25, 0.3) is 0 Å². The Balaban J connectivity index is 4.31. The molecule has 0 radical (unpaired) electrons. The van der Waals surface area contributed by atoms with Crippen LogP contribution in [0.4, 0.5) is 0 Å². The van der Waals surface area contributed by atoms with E-state index in [0.29, 0.717) is 11.5 Å². The van der Waals surface area contributed by atoms with Crippen LogP contribution in [0.2, 0.25) is 0 Å². The van der Waals surface area contributed by atoms with Gasteiger partial charge in [0.05, 0.1) is 18.9 Å². The van der Waals surface area contributed by atoms with Gasteiger partial charge >= 0.3 is 7.60 Å². The van der Waals surface area contributed by atoms with Crippen molar-refractivity contribution in [1.82, 2.24) is 0 Å². The van der Waals surface area contributed by atoms with Crippen LogP contribution >= 0.6 is 31.1 Å². The lowest BCUT2D eigenvalue weighted by Crippen LogP contribution is -2.18. The fraction of sp³-hybridized carbons (Fsp3) is 0.882. The number of rotatable bonds is 9. The van der Waals surface area contributed by atoms with Gasteiger partial charge in [-0.25, -0.2) is 0 Å². The molecule has 0 aliphatic rings. The minimum atomic E-state index is -3.24. The molecule has 0 unspecified atom stereocenters. The van der Waals surface area contributed by atoms with Gasteiger partial charge in [-0.1, -0.05) is 78.9 Å². The molecule has 5 nitrogen and oxygen atoms in total. The first-order chi connectivity index (χ1) is 11.2. The van der Waals surface area contributed by atoms with Crippen LogP contribution in [0.3, 0.4) is 0 Å². The second-order valence-corrected chi connectivity index (χ2v) is 12.8. The van der Waals surface area contributed by atoms with Gasteiger partial charge in [-0.2, -0.15) is 0 Å². The molecule has 0 saturated heterocycles. The highest BCUT2D eigenvalue weighted by atomic mass is 32.2. The van der Waals surface area contributed by atoms with Crippen LogP contribution in [0.15, 0.2) is 0 Å². The average molecular weight is 413 g/mol. The molecule has 148 valence electrons. The van der Waals surface area contributed by atoms with Crippen LogP contribution < -0.4 is 0 Å². The van der Waals surface area contributed by atoms with Crippen LogP contribution in [0.25, 0.3) is 0 Å². The third-order valence-corrected chi connectivity index (χ3v) is 7.87. The van der Waals surface area contributed by atoms with Gasteiger partial charge in [0.1, 0.15) is 0 Å². The van der Waals surface area contributed by atoms with Crippen LogP contribution in [0.5, 0.6) is 0 Å². The smallest absolute Gasteiger partial charge is 0.308 e. The normalized spacial score (nSPS) is 13.3. The molecular weight excluding hydrogens is 379 g/mol. The summed E-state index contributed by atoms with van der Waals surface area (Å²) in [4.78, 5) is 23.7. The summed E-state index contributed by atoms with van der Waals surface area (Å²) in [6, 6.07) is 0. The summed E-state index contributed by atoms with van der Waals surface area (Å²) < 4.78 is 23.8. The highest BCUT2D eigenvalue weighted by Crippen LogP contribution is 2.52. The molecular formula is C17H33O5PS2. The average Bonchev–Trinajstić information content (AvgIpc) is 2.45. The Morgan fingerprint density at radius 3 is 1.40 bits per heavy atom. The largest absolute Gasteiger partial charge is 0.333 e. The Bertz CT molecular complexity index is 454. The zero-order valence-corrected chi connectivity index (χ0v) is 19.2. The molecule has 0 heterocycles. The fourth-order valence-corrected chi connectivity index (χ4v) is 4.55. The van der Waals surface area contributed by atoms with E-state index in [1.165, 1.54) is 23.5 Å². The monoisotopic (exact) mass is 412 g/mol. The maximum Gasteiger partial charge on any atom is 0.333 e. The molecule has 0 aromatic heterocycles. The van der Waals surface area contributed by atoms with E-state index in [4.69, 9.17) is 9.05 Å². The Morgan fingerprint density at radius 1 is 0.840 bits per heavy atom. The zero-order chi connectivity index (χ0) is 19.9. The zero-order valence-electron chi connectivity index (χ0n) is 16.7. The van der Waals surface area contributed by atoms with Crippen molar-refractivity contribution in [3.05, 3.63) is 0 Å². The molecule has 0 atom stereocenters. The van der Waals surface area contributed by atoms with Crippen molar-refractivity contribution < 1.29 is 23.2 Å². The van der Waals surface area contributed by atoms with Crippen molar-refractivity contribution in [3.63, 3.8) is 0 Å². The number of hydrogen-bond donors (Lipinski definition) is 0. The Kier molecular flexibility index (Phi) is 10.6. The van der Waals surface area contributed by atoms with E-state index < -0.39 is 18.4 Å². The van der Waals surface area contributed by atoms with Crippen molar-refractivity contribution >= 4 is 41.4 Å². The van der Waals surface area contributed by atoms with Crippen molar-refractivity contribution in [1.29, 1.82) is 0 Å². The highest BCUT2D eigenvalue weighted by Gasteiger charge is 2.30. The molecule has 0 amide bonds. The maximum atomic E-state index is 12.8. The van der Waals surface area contributed by atoms with Crippen molar-refractivity contribution in [2.45, 2.75) is 61.0 Å². The lowest BCUT2D eigenvalue weighted by Gasteiger charge is -2.22. The van der Waals surface area contributed by atoms with Gasteiger partial charge in [0.15, 0.2) is 10.2 Å². The lowest BCUT2D eigenvalue weighted by atomic mass is 9.99. The van der Waals surface area contributed by atoms with Gasteiger partial charge in [-0.05, 0) is 0 Å². The molecule has 0 N–H and O–H groups in total. The first-order valence-electron chi connectivity index (χ1n) is 8.43. The van der Waals surface area contributed by atoms with E-state index in [9.17, 15) is 14.2 Å². The summed E-state index contributed by atoms with van der Waals surface area (Å²) >= 11 is 2.36. The number of thioether (sulfide) groups is 2. The topological polar surface area (TPSA) is 69.7 Å². The molecule has 0 spiro atoms. The van der Waals surface area contributed by atoms with Gasteiger partial charge in [0, 0.05) is 22.3 Å². The van der Waals surface area contributed by atoms with Crippen molar-refractivity contribution in [3.8, 4) is 0 Å². The molecule has 0 fully saturated rings. The van der Waals surface area contributed by atoms with Crippen LogP contribution in [-0.2, 0) is 23.2 Å². The van der Waals surface area contributed by atoms with Crippen LogP contribution in [0.1, 0.15) is 55.4 Å². The second kappa shape index (κ2) is 10.5. The molecule has 0 aromatic rings. The third kappa shape index (κ3) is 10.2. The third-order valence-electron chi connectivity index (χ3n) is 3.03. The quantitative estimate of drug-likeness (QED) is 0.379. The van der Waals surface area contributed by atoms with E-state index in [0.717, 1.165) is 0 Å². The first-order valence-corrected chi connectivity index (χ1v) is 12.0. The van der Waals surface area contributed by atoms with E-state index in [1.54, 1.807) is 13.8 Å². The number of hydrogen-bond acceptors (Lipinski definition) is 7. The minimum absolute atomic E-state index is 0.0773. The first kappa shape index (κ1) is 25.2. The van der Waals surface area contributed by atoms with Crippen molar-refractivity contribution in [2.75, 3.05) is 24.7 Å². The summed E-state index contributed by atoms with van der Waals surface area (Å²) in [5.41, 5.74) is -1.08. The Hall–Kier alpha value is 0.190. The highest BCUT2D eigenvalue weighted by molar-refractivity contribution is 8.14. The van der Waals surface area contributed by atoms with Crippen molar-refractivity contribution in [2.24, 2.45) is 10.8 Å². The SMILES string of the molecule is CC(C)P(=O)(OCCSC(=O)C(C)(C)C)OCCSC(=O)C(C)(C)C. The van der Waals surface area contributed by atoms with E-state index in [1.807, 2.05) is 41.5 Å². The molecule has 0 aromatic carbocycles. The predicted molar refractivity (Wildman–Crippen MR) is 108 cm³/mol. The summed E-state index contributed by atoms with van der Waals surface area (Å²) in [7, 11) is -3.24. The maximum absolute atomic E-state index is 12.8. The molecule has 0 bridgehead atoms. The summed E-state index contributed by atoms with van der Waals surface area (Å²) in [6.45, 7) is 15.1. The molecule has 25 heavy (non-hydrogen) atoms. The lowest BCUT2D eigenvalue weighted by molar-refractivity contribution is -0.118. The summed E-state index contributed by atoms with van der Waals surface area (Å²) in [5.74, 6) is 0.876. The van der Waals surface area contributed by atoms with Crippen LogP contribution in [-0.4, -0.2) is 40.6 Å². The van der Waals surface area contributed by atoms with E-state index >= 15 is 0 Å². The molecule has 8 heteroatoms. The van der Waals surface area contributed by atoms with E-state index in [2.05, 4.69) is 0 Å². The molecule has 0 aliphatic heterocycles. The predicted octanol–water partition coefficient (Wildman–Crippen LogP) is 5.23. The van der Waals surface area contributed by atoms with Gasteiger partial charge in [0.2, 0.25) is 0 Å². The Labute approximate surface area is 161 Å². The summed E-state index contributed by atoms with van der Waals surface area (Å²) in [6.07, 6.45) is 0. The molecule has 0 rings (SSSR count). The minimum Gasteiger partial charge on any atom is -0.308 e. The van der Waals surface area contributed by atoms with Gasteiger partial charge < -0.3 is 9.05 Å². The summed E-state index contributed by atoms with van der Waals surface area (Å²) in [5, 5.41) is 0.155. The van der Waals surface area contributed by atoms with Crippen LogP contribution in [0, 0.1) is 10.8 Å². The molecule has 0 saturated carbocycles. The number of carbonyl (C=O) groups excluding carboxylic acids is 2. The van der Waals surface area contributed by atoms with Gasteiger partial charge in [-0.15, -0.1) is 0 Å². The second-order valence-electron chi connectivity index (χ2n) is 8.07. The Morgan fingerprint density at radius 2 is 1.16 bits per heavy atom. The fourth-order valence-electron chi connectivity index (χ4n) is 1.37.